The van der Waals surface area contributed by atoms with Crippen molar-refractivity contribution in [1.29, 1.82) is 0 Å². The lowest BCUT2D eigenvalue weighted by Crippen LogP contribution is -2.42. The molecule has 1 aliphatic rings. The van der Waals surface area contributed by atoms with Gasteiger partial charge in [0.25, 0.3) is 0 Å². The predicted molar refractivity (Wildman–Crippen MR) is 118 cm³/mol. The Morgan fingerprint density at radius 2 is 1.81 bits per heavy atom. The van der Waals surface area contributed by atoms with E-state index in [9.17, 15) is 17.6 Å². The largest absolute Gasteiger partial charge is 0.379 e. The van der Waals surface area contributed by atoms with E-state index >= 15 is 0 Å². The Labute approximate surface area is 184 Å². The highest BCUT2D eigenvalue weighted by molar-refractivity contribution is 7.87. The number of carbonyl (C=O) groups is 1. The molecule has 0 heterocycles. The summed E-state index contributed by atoms with van der Waals surface area (Å²) in [6, 6.07) is 11.4. The summed E-state index contributed by atoms with van der Waals surface area (Å²) < 4.78 is 43.4. The summed E-state index contributed by atoms with van der Waals surface area (Å²) in [6.45, 7) is 4.50. The van der Waals surface area contributed by atoms with Gasteiger partial charge in [-0.3, -0.25) is 4.79 Å². The van der Waals surface area contributed by atoms with E-state index < -0.39 is 15.9 Å². The third-order valence-corrected chi connectivity index (χ3v) is 7.18. The molecule has 1 unspecified atom stereocenters. The van der Waals surface area contributed by atoms with Crippen LogP contribution in [0.1, 0.15) is 57.9 Å². The van der Waals surface area contributed by atoms with Crippen LogP contribution in [0.15, 0.2) is 53.4 Å². The molecule has 0 aromatic heterocycles. The molecule has 0 radical (unpaired) electrons. The lowest BCUT2D eigenvalue weighted by Gasteiger charge is -2.33. The molecule has 2 aromatic rings. The summed E-state index contributed by atoms with van der Waals surface area (Å²) in [7, 11) is -4.08. The van der Waals surface area contributed by atoms with Gasteiger partial charge >= 0.3 is 10.1 Å². The van der Waals surface area contributed by atoms with Gasteiger partial charge in [-0.15, -0.1) is 0 Å². The van der Waals surface area contributed by atoms with Gasteiger partial charge in [-0.1, -0.05) is 38.3 Å². The van der Waals surface area contributed by atoms with Gasteiger partial charge in [-0.05, 0) is 68.1 Å². The second-order valence-corrected chi connectivity index (χ2v) is 9.74. The summed E-state index contributed by atoms with van der Waals surface area (Å²) in [5, 5.41) is 0. The number of hydrogen-bond donors (Lipinski definition) is 0. The first-order chi connectivity index (χ1) is 14.8. The minimum absolute atomic E-state index is 0.0704. The smallest absolute Gasteiger partial charge is 0.339 e. The quantitative estimate of drug-likeness (QED) is 0.515. The zero-order chi connectivity index (χ0) is 22.4. The fourth-order valence-electron chi connectivity index (χ4n) is 3.92. The predicted octanol–water partition coefficient (Wildman–Crippen LogP) is 5.30. The van der Waals surface area contributed by atoms with Crippen molar-refractivity contribution < 1.29 is 21.8 Å². The maximum atomic E-state index is 13.2. The number of nitrogens with zero attached hydrogens (tertiary/aromatic N) is 1. The van der Waals surface area contributed by atoms with Gasteiger partial charge in [0.15, 0.2) is 0 Å². The van der Waals surface area contributed by atoms with Crippen LogP contribution in [0.4, 0.5) is 4.39 Å². The fourth-order valence-corrected chi connectivity index (χ4v) is 4.85. The summed E-state index contributed by atoms with van der Waals surface area (Å²) in [6.07, 6.45) is 6.09. The number of hydrogen-bond acceptors (Lipinski definition) is 4. The van der Waals surface area contributed by atoms with Crippen molar-refractivity contribution in [2.75, 3.05) is 0 Å². The van der Waals surface area contributed by atoms with Crippen LogP contribution < -0.4 is 4.18 Å². The second kappa shape index (κ2) is 10.3. The van der Waals surface area contributed by atoms with Crippen molar-refractivity contribution >= 4 is 16.0 Å². The van der Waals surface area contributed by atoms with E-state index in [2.05, 4.69) is 6.92 Å². The van der Waals surface area contributed by atoms with Crippen LogP contribution in [0.5, 0.6) is 5.75 Å². The first-order valence-electron chi connectivity index (χ1n) is 10.9. The topological polar surface area (TPSA) is 63.7 Å². The van der Waals surface area contributed by atoms with Crippen LogP contribution in [0, 0.1) is 11.7 Å². The molecular formula is C24H30FNO4S. The van der Waals surface area contributed by atoms with Gasteiger partial charge < -0.3 is 9.08 Å². The highest BCUT2D eigenvalue weighted by Crippen LogP contribution is 2.28. The Bertz CT molecular complexity index is 985. The molecule has 31 heavy (non-hydrogen) atoms. The SMILES string of the molecule is CCC(C)N(Cc1cccc(OS(=O)(=O)c2ccc(F)cc2)c1)C(=O)C1CCCCC1. The second-order valence-electron chi connectivity index (χ2n) is 8.20. The minimum atomic E-state index is -4.08. The molecule has 1 amide bonds. The van der Waals surface area contributed by atoms with Crippen molar-refractivity contribution in [2.24, 2.45) is 5.92 Å². The van der Waals surface area contributed by atoms with Crippen LogP contribution in [0.3, 0.4) is 0 Å². The van der Waals surface area contributed by atoms with Crippen LogP contribution in [-0.4, -0.2) is 25.3 Å². The highest BCUT2D eigenvalue weighted by Gasteiger charge is 2.28. The molecule has 0 aliphatic heterocycles. The average Bonchev–Trinajstić information content (AvgIpc) is 2.77. The number of amides is 1. The van der Waals surface area contributed by atoms with E-state index in [0.29, 0.717) is 6.54 Å². The average molecular weight is 448 g/mol. The molecule has 0 N–H and O–H groups in total. The Morgan fingerprint density at radius 1 is 1.13 bits per heavy atom. The Balaban J connectivity index is 1.77. The maximum absolute atomic E-state index is 13.2. The zero-order valence-electron chi connectivity index (χ0n) is 18.1. The van der Waals surface area contributed by atoms with Crippen molar-refractivity contribution in [3.8, 4) is 5.75 Å². The molecule has 0 saturated heterocycles. The molecule has 1 fully saturated rings. The van der Waals surface area contributed by atoms with Crippen LogP contribution in [0.25, 0.3) is 0 Å². The molecular weight excluding hydrogens is 417 g/mol. The minimum Gasteiger partial charge on any atom is -0.379 e. The van der Waals surface area contributed by atoms with Crippen LogP contribution >= 0.6 is 0 Å². The normalized spacial score (nSPS) is 16.0. The molecule has 5 nitrogen and oxygen atoms in total. The third-order valence-electron chi connectivity index (χ3n) is 5.92. The van der Waals surface area contributed by atoms with Crippen LogP contribution in [-0.2, 0) is 21.5 Å². The molecule has 1 atom stereocenters. The summed E-state index contributed by atoms with van der Waals surface area (Å²) in [4.78, 5) is 15.0. The summed E-state index contributed by atoms with van der Waals surface area (Å²) >= 11 is 0. The molecule has 168 valence electrons. The molecule has 1 aliphatic carbocycles. The van der Waals surface area contributed by atoms with E-state index in [4.69, 9.17) is 4.18 Å². The van der Waals surface area contributed by atoms with Crippen molar-refractivity contribution in [3.63, 3.8) is 0 Å². The number of carbonyl (C=O) groups excluding carboxylic acids is 1. The Hall–Kier alpha value is -2.41. The third kappa shape index (κ3) is 6.06. The number of rotatable bonds is 8. The van der Waals surface area contributed by atoms with Crippen molar-refractivity contribution in [2.45, 2.75) is 69.9 Å². The molecule has 1 saturated carbocycles. The van der Waals surface area contributed by atoms with Crippen LogP contribution in [0.2, 0.25) is 0 Å². The standard InChI is InChI=1S/C24H30FNO4S/c1-3-18(2)26(24(27)20-9-5-4-6-10-20)17-19-8-7-11-22(16-19)30-31(28,29)23-14-12-21(25)13-15-23/h7-8,11-16,18,20H,3-6,9-10,17H2,1-2H3. The molecule has 7 heteroatoms. The van der Waals surface area contributed by atoms with Gasteiger partial charge in [0.1, 0.15) is 16.5 Å². The van der Waals surface area contributed by atoms with E-state index in [1.807, 2.05) is 17.9 Å². The van der Waals surface area contributed by atoms with Gasteiger partial charge in [-0.2, -0.15) is 8.42 Å². The molecule has 3 rings (SSSR count). The first kappa shape index (κ1) is 23.3. The van der Waals surface area contributed by atoms with Gasteiger partial charge in [0.2, 0.25) is 5.91 Å². The molecule has 0 bridgehead atoms. The summed E-state index contributed by atoms with van der Waals surface area (Å²) in [5.74, 6) is -0.106. The monoisotopic (exact) mass is 447 g/mol. The van der Waals surface area contributed by atoms with Crippen molar-refractivity contribution in [3.05, 3.63) is 59.9 Å². The number of benzene rings is 2. The van der Waals surface area contributed by atoms with E-state index in [1.54, 1.807) is 18.2 Å². The van der Waals surface area contributed by atoms with Gasteiger partial charge in [-0.25, -0.2) is 4.39 Å². The first-order valence-corrected chi connectivity index (χ1v) is 12.3. The lowest BCUT2D eigenvalue weighted by atomic mass is 9.87. The van der Waals surface area contributed by atoms with E-state index in [1.165, 1.54) is 18.6 Å². The Morgan fingerprint density at radius 3 is 2.45 bits per heavy atom. The highest BCUT2D eigenvalue weighted by atomic mass is 32.2. The molecule has 2 aromatic carbocycles. The van der Waals surface area contributed by atoms with Gasteiger partial charge in [0.05, 0.1) is 0 Å². The summed E-state index contributed by atoms with van der Waals surface area (Å²) in [5.41, 5.74) is 0.802. The Kier molecular flexibility index (Phi) is 7.70. The van der Waals surface area contributed by atoms with E-state index in [-0.39, 0.29) is 28.5 Å². The van der Waals surface area contributed by atoms with E-state index in [0.717, 1.165) is 49.8 Å². The molecule has 0 spiro atoms. The zero-order valence-corrected chi connectivity index (χ0v) is 18.9. The lowest BCUT2D eigenvalue weighted by molar-refractivity contribution is -0.139. The number of halogens is 1. The van der Waals surface area contributed by atoms with Gasteiger partial charge in [0, 0.05) is 18.5 Å². The fraction of sp³-hybridized carbons (Fsp3) is 0.458. The maximum Gasteiger partial charge on any atom is 0.339 e. The van der Waals surface area contributed by atoms with Crippen molar-refractivity contribution in [1.82, 2.24) is 4.90 Å².